The highest BCUT2D eigenvalue weighted by Gasteiger charge is 2.48. The van der Waals surface area contributed by atoms with Crippen LogP contribution in [0.2, 0.25) is 0 Å². The van der Waals surface area contributed by atoms with E-state index in [9.17, 15) is 5.11 Å². The highest BCUT2D eigenvalue weighted by atomic mass is 19.1. The third-order valence-corrected chi connectivity index (χ3v) is 7.41. The molecule has 172 valence electrons. The van der Waals surface area contributed by atoms with Crippen molar-refractivity contribution >= 4 is 5.57 Å². The van der Waals surface area contributed by atoms with Gasteiger partial charge in [0, 0.05) is 38.0 Å². The number of benzene rings is 1. The largest absolute Gasteiger partial charge is 0.508 e. The number of halogens is 1. The molecule has 2 aliphatic heterocycles. The summed E-state index contributed by atoms with van der Waals surface area (Å²) in [5, 5.41) is 9.83. The number of nitrogens with one attached hydrogen (secondary N) is 3. The van der Waals surface area contributed by atoms with Crippen molar-refractivity contribution in [3.05, 3.63) is 53.1 Å². The average molecular weight is 441 g/mol. The summed E-state index contributed by atoms with van der Waals surface area (Å²) in [4.78, 5) is 10.4. The summed E-state index contributed by atoms with van der Waals surface area (Å²) in [7, 11) is 0. The molecule has 8 heteroatoms. The molecule has 1 saturated heterocycles. The van der Waals surface area contributed by atoms with Crippen LogP contribution >= 0.6 is 0 Å². The summed E-state index contributed by atoms with van der Waals surface area (Å²) >= 11 is 0. The van der Waals surface area contributed by atoms with Crippen molar-refractivity contribution in [2.45, 2.75) is 50.4 Å². The number of aryl methyl sites for hydroxylation is 1. The van der Waals surface area contributed by atoms with Gasteiger partial charge in [0.1, 0.15) is 17.7 Å². The predicted molar refractivity (Wildman–Crippen MR) is 123 cm³/mol. The molecule has 1 saturated carbocycles. The number of aromatic hydroxyl groups is 1. The third kappa shape index (κ3) is 3.85. The molecule has 2 aromatic rings. The molecule has 32 heavy (non-hydrogen) atoms. The summed E-state index contributed by atoms with van der Waals surface area (Å²) in [5.41, 5.74) is 16.6. The molecule has 2 fully saturated rings. The first-order valence-corrected chi connectivity index (χ1v) is 11.7. The first-order valence-electron chi connectivity index (χ1n) is 11.7. The van der Waals surface area contributed by atoms with Gasteiger partial charge in [-0.05, 0) is 48.1 Å². The topological polar surface area (TPSA) is 102 Å². The molecule has 7 nitrogen and oxygen atoms in total. The van der Waals surface area contributed by atoms with Gasteiger partial charge in [0.25, 0.3) is 0 Å². The maximum atomic E-state index is 15.7. The number of aromatic amines is 1. The molecule has 1 aliphatic carbocycles. The zero-order chi connectivity index (χ0) is 22.2. The van der Waals surface area contributed by atoms with Crippen molar-refractivity contribution in [1.82, 2.24) is 25.7 Å². The van der Waals surface area contributed by atoms with Gasteiger partial charge in [0.15, 0.2) is 0 Å². The fraction of sp³-hybridized carbons (Fsp3) is 0.542. The lowest BCUT2D eigenvalue weighted by molar-refractivity contribution is 0.135. The minimum Gasteiger partial charge on any atom is -0.508 e. The Bertz CT molecular complexity index is 991. The predicted octanol–water partition coefficient (Wildman–Crippen LogP) is 2.38. The van der Waals surface area contributed by atoms with Crippen molar-refractivity contribution in [1.29, 1.82) is 0 Å². The fourth-order valence-corrected chi connectivity index (χ4v) is 5.72. The molecule has 0 bridgehead atoms. The van der Waals surface area contributed by atoms with Crippen LogP contribution in [0.3, 0.4) is 0 Å². The van der Waals surface area contributed by atoms with Gasteiger partial charge in [-0.2, -0.15) is 0 Å². The van der Waals surface area contributed by atoms with Crippen molar-refractivity contribution in [3.63, 3.8) is 0 Å². The molecule has 0 amide bonds. The lowest BCUT2D eigenvalue weighted by Gasteiger charge is -2.36. The Morgan fingerprint density at radius 2 is 2.16 bits per heavy atom. The number of H-pyrrole nitrogens is 1. The number of phenols is 1. The number of hydrazine groups is 1. The van der Waals surface area contributed by atoms with E-state index in [0.29, 0.717) is 6.54 Å². The van der Waals surface area contributed by atoms with Gasteiger partial charge in [0.05, 0.1) is 24.0 Å². The number of imidazole rings is 1. The molecule has 0 spiro atoms. The van der Waals surface area contributed by atoms with Crippen LogP contribution in [0.5, 0.6) is 5.75 Å². The first-order chi connectivity index (χ1) is 15.6. The van der Waals surface area contributed by atoms with E-state index in [4.69, 9.17) is 5.73 Å². The van der Waals surface area contributed by atoms with Crippen molar-refractivity contribution in [3.8, 4) is 5.75 Å². The van der Waals surface area contributed by atoms with E-state index in [0.717, 1.165) is 61.5 Å². The summed E-state index contributed by atoms with van der Waals surface area (Å²) in [6.45, 7) is 5.38. The second-order valence-corrected chi connectivity index (χ2v) is 9.26. The summed E-state index contributed by atoms with van der Waals surface area (Å²) in [6.07, 6.45) is 5.59. The van der Waals surface area contributed by atoms with E-state index in [1.54, 1.807) is 12.1 Å². The van der Waals surface area contributed by atoms with Crippen LogP contribution in [0.25, 0.3) is 5.57 Å². The van der Waals surface area contributed by atoms with Crippen molar-refractivity contribution in [2.24, 2.45) is 11.7 Å². The zero-order valence-electron chi connectivity index (χ0n) is 18.5. The van der Waals surface area contributed by atoms with Gasteiger partial charge in [0.2, 0.25) is 0 Å². The maximum absolute atomic E-state index is 15.7. The number of hydrogen-bond acceptors (Lipinski definition) is 6. The van der Waals surface area contributed by atoms with Gasteiger partial charge in [-0.25, -0.2) is 14.8 Å². The fourth-order valence-electron chi connectivity index (χ4n) is 5.72. The minimum atomic E-state index is -1.00. The first kappa shape index (κ1) is 21.6. The number of nitrogens with zero attached hydrogens (tertiary/aromatic N) is 2. The quantitative estimate of drug-likeness (QED) is 0.473. The van der Waals surface area contributed by atoms with Gasteiger partial charge in [-0.3, -0.25) is 10.3 Å². The van der Waals surface area contributed by atoms with Gasteiger partial charge >= 0.3 is 0 Å². The highest BCUT2D eigenvalue weighted by molar-refractivity contribution is 5.66. The monoisotopic (exact) mass is 440 g/mol. The molecule has 6 N–H and O–H groups in total. The van der Waals surface area contributed by atoms with E-state index in [1.165, 1.54) is 5.57 Å². The lowest BCUT2D eigenvalue weighted by atomic mass is 9.71. The number of rotatable bonds is 6. The van der Waals surface area contributed by atoms with Crippen LogP contribution in [-0.4, -0.2) is 58.4 Å². The Morgan fingerprint density at radius 3 is 2.97 bits per heavy atom. The van der Waals surface area contributed by atoms with Crippen LogP contribution in [0.15, 0.2) is 30.5 Å². The van der Waals surface area contributed by atoms with Crippen LogP contribution in [0.1, 0.15) is 54.4 Å². The Kier molecular flexibility index (Phi) is 6.03. The SMILES string of the molecule is CCc1cc(O)ccc1C1CCC2C(c3ncc(C4=CCN(CCN)C4)[nH]3)NNC2C1F. The van der Waals surface area contributed by atoms with Crippen molar-refractivity contribution in [2.75, 3.05) is 26.2 Å². The smallest absolute Gasteiger partial charge is 0.125 e. The number of fused-ring (bicyclic) bond motifs is 1. The lowest BCUT2D eigenvalue weighted by Crippen LogP contribution is -2.45. The van der Waals surface area contributed by atoms with Gasteiger partial charge < -0.3 is 15.8 Å². The Labute approximate surface area is 188 Å². The molecule has 5 rings (SSSR count). The molecular formula is C24H33FN6O. The molecule has 5 atom stereocenters. The van der Waals surface area contributed by atoms with E-state index < -0.39 is 6.17 Å². The van der Waals surface area contributed by atoms with Gasteiger partial charge in [-0.1, -0.05) is 19.1 Å². The molecular weight excluding hydrogens is 407 g/mol. The van der Waals surface area contributed by atoms with E-state index in [-0.39, 0.29) is 29.7 Å². The normalized spacial score (nSPS) is 30.5. The molecule has 5 unspecified atom stereocenters. The van der Waals surface area contributed by atoms with Crippen LogP contribution < -0.4 is 16.6 Å². The second-order valence-electron chi connectivity index (χ2n) is 9.26. The molecule has 1 aromatic carbocycles. The maximum Gasteiger partial charge on any atom is 0.125 e. The van der Waals surface area contributed by atoms with Crippen LogP contribution in [0.4, 0.5) is 4.39 Å². The average Bonchev–Trinajstić information content (AvgIpc) is 3.53. The minimum absolute atomic E-state index is 0.0411. The second kappa shape index (κ2) is 8.94. The van der Waals surface area contributed by atoms with E-state index >= 15 is 4.39 Å². The number of aromatic nitrogens is 2. The third-order valence-electron chi connectivity index (χ3n) is 7.41. The van der Waals surface area contributed by atoms with Gasteiger partial charge in [-0.15, -0.1) is 0 Å². The summed E-state index contributed by atoms with van der Waals surface area (Å²) in [6, 6.07) is 5.03. The Morgan fingerprint density at radius 1 is 1.28 bits per heavy atom. The van der Waals surface area contributed by atoms with Crippen LogP contribution in [0, 0.1) is 5.92 Å². The van der Waals surface area contributed by atoms with Crippen molar-refractivity contribution < 1.29 is 9.50 Å². The molecule has 3 heterocycles. The molecule has 1 aromatic heterocycles. The Balaban J connectivity index is 1.30. The zero-order valence-corrected chi connectivity index (χ0v) is 18.5. The number of hydrogen-bond donors (Lipinski definition) is 5. The number of alkyl halides is 1. The Hall–Kier alpha value is -2.26. The number of nitrogens with two attached hydrogens (primary N) is 1. The van der Waals surface area contributed by atoms with E-state index in [2.05, 4.69) is 31.8 Å². The molecule has 0 radical (unpaired) electrons. The summed E-state index contributed by atoms with van der Waals surface area (Å²) in [5.74, 6) is 1.08. The summed E-state index contributed by atoms with van der Waals surface area (Å²) < 4.78 is 15.7. The standard InChI is InChI=1S/C24H33FN6O/c1-2-14-11-16(32)3-4-17(14)18-5-6-19-22(21(18)25)29-30-23(19)24-27-12-20(28-24)15-7-9-31(13-15)10-8-26/h3-4,7,11-12,18-19,21-23,29-30,32H,2,5-6,8-10,13,26H2,1H3,(H,27,28). The van der Waals surface area contributed by atoms with E-state index in [1.807, 2.05) is 19.2 Å². The van der Waals surface area contributed by atoms with Crippen LogP contribution in [-0.2, 0) is 6.42 Å². The molecule has 3 aliphatic rings. The highest BCUT2D eigenvalue weighted by Crippen LogP contribution is 2.45. The number of phenolic OH excluding ortho intramolecular Hbond substituents is 1.